The zero-order valence-electron chi connectivity index (χ0n) is 14.2. The van der Waals surface area contributed by atoms with E-state index in [9.17, 15) is 0 Å². The summed E-state index contributed by atoms with van der Waals surface area (Å²) in [6.07, 6.45) is 18.6. The summed E-state index contributed by atoms with van der Waals surface area (Å²) in [7, 11) is 0. The summed E-state index contributed by atoms with van der Waals surface area (Å²) in [6, 6.07) is 0. The maximum Gasteiger partial charge on any atom is 0.141 e. The van der Waals surface area contributed by atoms with Gasteiger partial charge in [0.1, 0.15) is 4.93 Å². The molecule has 1 unspecified atom stereocenters. The van der Waals surface area contributed by atoms with Gasteiger partial charge >= 0.3 is 0 Å². The predicted molar refractivity (Wildman–Crippen MR) is 93.0 cm³/mol. The molecule has 0 fully saturated rings. The Morgan fingerprint density at radius 3 is 2.68 bits per heavy atom. The smallest absolute Gasteiger partial charge is 0.141 e. The molecule has 0 radical (unpaired) electrons. The van der Waals surface area contributed by atoms with Crippen LogP contribution >= 0.6 is 11.8 Å². The van der Waals surface area contributed by atoms with Crippen LogP contribution in [0.2, 0.25) is 0 Å². The van der Waals surface area contributed by atoms with E-state index in [1.165, 1.54) is 16.9 Å². The van der Waals surface area contributed by atoms with Gasteiger partial charge in [-0.15, -0.1) is 18.2 Å². The van der Waals surface area contributed by atoms with Crippen LogP contribution in [0.4, 0.5) is 0 Å². The normalized spacial score (nSPS) is 24.0. The Balaban J connectivity index is 0.00000242. The molecule has 0 saturated carbocycles. The standard InChI is InChI=1S/C19H27OS.Ti/c1-5-6-15-20-19(21-16-11-7-8-12-16)14-10-9-13-17(19)18(2,3)4;/h7,9-11,13H,5-6,8,14-15H2,1-4H3;/q-1;. The van der Waals surface area contributed by atoms with Crippen LogP contribution in [0.1, 0.15) is 53.4 Å². The molecule has 22 heavy (non-hydrogen) atoms. The summed E-state index contributed by atoms with van der Waals surface area (Å²) in [5.41, 5.74) is 1.49. The number of hydrogen-bond acceptors (Lipinski definition) is 2. The van der Waals surface area contributed by atoms with Crippen LogP contribution in [0.3, 0.4) is 0 Å². The van der Waals surface area contributed by atoms with E-state index in [1.807, 2.05) is 11.8 Å². The first-order valence-corrected chi connectivity index (χ1v) is 8.78. The van der Waals surface area contributed by atoms with Gasteiger partial charge in [-0.1, -0.05) is 52.3 Å². The summed E-state index contributed by atoms with van der Waals surface area (Å²) in [5, 5.41) is 0. The fourth-order valence-corrected chi connectivity index (χ4v) is 4.20. The molecule has 0 aromatic carbocycles. The quantitative estimate of drug-likeness (QED) is 0.258. The van der Waals surface area contributed by atoms with Crippen LogP contribution in [-0.4, -0.2) is 11.5 Å². The van der Waals surface area contributed by atoms with Crippen molar-refractivity contribution in [1.82, 2.24) is 0 Å². The molecule has 0 heterocycles. The molecule has 0 bridgehead atoms. The van der Waals surface area contributed by atoms with Gasteiger partial charge in [-0.2, -0.15) is 11.0 Å². The van der Waals surface area contributed by atoms with Gasteiger partial charge in [0.05, 0.1) is 0 Å². The number of hydrogen-bond donors (Lipinski definition) is 0. The second-order valence-corrected chi connectivity index (χ2v) is 7.97. The summed E-state index contributed by atoms with van der Waals surface area (Å²) < 4.78 is 6.46. The van der Waals surface area contributed by atoms with Crippen LogP contribution in [-0.2, 0) is 26.5 Å². The van der Waals surface area contributed by atoms with E-state index in [-0.39, 0.29) is 32.1 Å². The largest absolute Gasteiger partial charge is 0.360 e. The molecule has 0 N–H and O–H groups in total. The average molecular weight is 351 g/mol. The first-order chi connectivity index (χ1) is 9.98. The Kier molecular flexibility index (Phi) is 7.95. The molecule has 3 heteroatoms. The number of unbranched alkanes of at least 4 members (excludes halogenated alkanes) is 1. The third kappa shape index (κ3) is 4.99. The second-order valence-electron chi connectivity index (χ2n) is 6.67. The monoisotopic (exact) mass is 351 g/mol. The third-order valence-electron chi connectivity index (χ3n) is 3.78. The molecule has 120 valence electrons. The molecule has 1 nitrogen and oxygen atoms in total. The Bertz CT molecular complexity index is 482. The Labute approximate surface area is 155 Å². The summed E-state index contributed by atoms with van der Waals surface area (Å²) in [5.74, 6) is 0. The van der Waals surface area contributed by atoms with Gasteiger partial charge in [-0.3, -0.25) is 6.08 Å². The molecule has 0 saturated heterocycles. The molecule has 0 aromatic rings. The molecule has 0 aliphatic heterocycles. The van der Waals surface area contributed by atoms with Gasteiger partial charge in [-0.25, -0.2) is 6.08 Å². The van der Waals surface area contributed by atoms with Crippen LogP contribution in [0.5, 0.6) is 0 Å². The van der Waals surface area contributed by atoms with Crippen molar-refractivity contribution in [2.24, 2.45) is 5.41 Å². The zero-order chi connectivity index (χ0) is 15.3. The summed E-state index contributed by atoms with van der Waals surface area (Å²) >= 11 is 1.84. The maximum absolute atomic E-state index is 6.46. The minimum absolute atomic E-state index is 0. The average Bonchev–Trinajstić information content (AvgIpc) is 2.91. The van der Waals surface area contributed by atoms with Gasteiger partial charge in [0.15, 0.2) is 0 Å². The first-order valence-electron chi connectivity index (χ1n) is 7.96. The minimum Gasteiger partial charge on any atom is -0.360 e. The van der Waals surface area contributed by atoms with Gasteiger partial charge < -0.3 is 4.74 Å². The third-order valence-corrected chi connectivity index (χ3v) is 5.11. The fraction of sp³-hybridized carbons (Fsp3) is 0.579. The van der Waals surface area contributed by atoms with Crippen molar-refractivity contribution in [3.8, 4) is 0 Å². The van der Waals surface area contributed by atoms with E-state index in [2.05, 4.69) is 64.2 Å². The summed E-state index contributed by atoms with van der Waals surface area (Å²) in [6.45, 7) is 9.86. The Morgan fingerprint density at radius 2 is 2.09 bits per heavy atom. The van der Waals surface area contributed by atoms with E-state index in [0.717, 1.165) is 25.9 Å². The van der Waals surface area contributed by atoms with Crippen LogP contribution in [0.25, 0.3) is 0 Å². The van der Waals surface area contributed by atoms with Crippen molar-refractivity contribution in [2.75, 3.05) is 6.61 Å². The molecule has 2 aliphatic carbocycles. The zero-order valence-corrected chi connectivity index (χ0v) is 16.6. The minimum atomic E-state index is -0.265. The molecular weight excluding hydrogens is 324 g/mol. The van der Waals surface area contributed by atoms with E-state index in [1.54, 1.807) is 0 Å². The molecule has 0 amide bonds. The van der Waals surface area contributed by atoms with E-state index in [4.69, 9.17) is 4.74 Å². The van der Waals surface area contributed by atoms with Gasteiger partial charge in [-0.05, 0) is 17.4 Å². The molecule has 2 rings (SSSR count). The molecule has 1 atom stereocenters. The van der Waals surface area contributed by atoms with Crippen LogP contribution in [0, 0.1) is 11.5 Å². The van der Waals surface area contributed by atoms with Crippen LogP contribution < -0.4 is 0 Å². The van der Waals surface area contributed by atoms with E-state index >= 15 is 0 Å². The Hall–Kier alpha value is -0.0157. The molecule has 2 aliphatic rings. The maximum atomic E-state index is 6.46. The van der Waals surface area contributed by atoms with Crippen molar-refractivity contribution in [3.63, 3.8) is 0 Å². The fourth-order valence-electron chi connectivity index (χ4n) is 2.72. The van der Waals surface area contributed by atoms with Crippen molar-refractivity contribution in [1.29, 1.82) is 0 Å². The van der Waals surface area contributed by atoms with Crippen molar-refractivity contribution < 1.29 is 26.5 Å². The number of thioether (sulfide) groups is 1. The number of rotatable bonds is 6. The second kappa shape index (κ2) is 8.73. The number of ether oxygens (including phenoxy) is 1. The van der Waals surface area contributed by atoms with Gasteiger partial charge in [0, 0.05) is 34.7 Å². The number of allylic oxidation sites excluding steroid dienone is 5. The van der Waals surface area contributed by atoms with Crippen molar-refractivity contribution in [2.45, 2.75) is 58.3 Å². The van der Waals surface area contributed by atoms with Crippen LogP contribution in [0.15, 0.2) is 40.9 Å². The predicted octanol–water partition coefficient (Wildman–Crippen LogP) is 5.81. The summed E-state index contributed by atoms with van der Waals surface area (Å²) in [4.78, 5) is 0.955. The van der Waals surface area contributed by atoms with Crippen molar-refractivity contribution >= 4 is 11.8 Å². The molecule has 0 spiro atoms. The van der Waals surface area contributed by atoms with Gasteiger partial charge in [0.2, 0.25) is 0 Å². The molecular formula is C19H27OSTi-. The van der Waals surface area contributed by atoms with Gasteiger partial charge in [0.25, 0.3) is 0 Å². The molecule has 0 aromatic heterocycles. The Morgan fingerprint density at radius 1 is 1.32 bits per heavy atom. The van der Waals surface area contributed by atoms with E-state index < -0.39 is 0 Å². The topological polar surface area (TPSA) is 9.23 Å². The SMILES string of the molecule is CCCCOC1(SC2=[C-]CC=C2)CC=CC=C1C(C)(C)C.[Ti]. The van der Waals surface area contributed by atoms with Crippen molar-refractivity contribution in [3.05, 3.63) is 46.9 Å². The first kappa shape index (κ1) is 20.0. The van der Waals surface area contributed by atoms with E-state index in [0.29, 0.717) is 0 Å².